The minimum absolute atomic E-state index is 0.557. The summed E-state index contributed by atoms with van der Waals surface area (Å²) in [6.45, 7) is 2.34. The fourth-order valence-electron chi connectivity index (χ4n) is 1.47. The highest BCUT2D eigenvalue weighted by Crippen LogP contribution is 2.39. The zero-order valence-electron chi connectivity index (χ0n) is 4.22. The first-order valence-corrected chi connectivity index (χ1v) is 2.86. The fraction of sp³-hybridized carbons (Fsp3) is 1.00. The van der Waals surface area contributed by atoms with E-state index in [0.29, 0.717) is 6.04 Å². The minimum Gasteiger partial charge on any atom is -0.327 e. The van der Waals surface area contributed by atoms with Gasteiger partial charge in [-0.1, -0.05) is 0 Å². The number of hydrogen-bond acceptors (Lipinski definition) is 2. The van der Waals surface area contributed by atoms with Crippen molar-refractivity contribution in [2.24, 2.45) is 17.6 Å². The van der Waals surface area contributed by atoms with E-state index < -0.39 is 0 Å². The van der Waals surface area contributed by atoms with Crippen LogP contribution in [0.15, 0.2) is 0 Å². The average molecular weight is 98.1 g/mol. The molecule has 2 fully saturated rings. The maximum absolute atomic E-state index is 5.63. The molecule has 0 bridgehead atoms. The van der Waals surface area contributed by atoms with Crippen LogP contribution in [0, 0.1) is 11.8 Å². The van der Waals surface area contributed by atoms with Gasteiger partial charge in [-0.15, -0.1) is 0 Å². The van der Waals surface area contributed by atoms with Crippen LogP contribution < -0.4 is 11.1 Å². The van der Waals surface area contributed by atoms with Crippen molar-refractivity contribution in [3.63, 3.8) is 0 Å². The smallest absolute Gasteiger partial charge is 0.0127 e. The van der Waals surface area contributed by atoms with E-state index in [4.69, 9.17) is 5.73 Å². The van der Waals surface area contributed by atoms with Crippen LogP contribution in [-0.4, -0.2) is 19.1 Å². The lowest BCUT2D eigenvalue weighted by Gasteiger charge is -1.94. The highest BCUT2D eigenvalue weighted by molar-refractivity contribution is 5.07. The van der Waals surface area contributed by atoms with Gasteiger partial charge in [0.2, 0.25) is 0 Å². The van der Waals surface area contributed by atoms with Gasteiger partial charge >= 0.3 is 0 Å². The van der Waals surface area contributed by atoms with Crippen molar-refractivity contribution >= 4 is 0 Å². The van der Waals surface area contributed by atoms with Gasteiger partial charge < -0.3 is 11.1 Å². The second kappa shape index (κ2) is 1.01. The molecule has 2 atom stereocenters. The SMILES string of the molecule is NC1[C@@H]2CNC[C@@H]12. The van der Waals surface area contributed by atoms with E-state index in [-0.39, 0.29) is 0 Å². The largest absolute Gasteiger partial charge is 0.327 e. The van der Waals surface area contributed by atoms with Gasteiger partial charge in [0, 0.05) is 6.04 Å². The summed E-state index contributed by atoms with van der Waals surface area (Å²) in [5.41, 5.74) is 5.63. The van der Waals surface area contributed by atoms with Crippen LogP contribution >= 0.6 is 0 Å². The Balaban J connectivity index is 2.06. The Morgan fingerprint density at radius 2 is 1.86 bits per heavy atom. The molecule has 0 amide bonds. The van der Waals surface area contributed by atoms with Gasteiger partial charge in [-0.05, 0) is 24.9 Å². The number of hydrogen-bond donors (Lipinski definition) is 2. The van der Waals surface area contributed by atoms with Crippen LogP contribution in [0.2, 0.25) is 0 Å². The van der Waals surface area contributed by atoms with E-state index in [1.807, 2.05) is 0 Å². The number of nitrogens with one attached hydrogen (secondary N) is 1. The molecule has 0 aromatic carbocycles. The summed E-state index contributed by atoms with van der Waals surface area (Å²) >= 11 is 0. The van der Waals surface area contributed by atoms with Gasteiger partial charge in [0.25, 0.3) is 0 Å². The number of rotatable bonds is 0. The van der Waals surface area contributed by atoms with Crippen LogP contribution in [-0.2, 0) is 0 Å². The average Bonchev–Trinajstić information content (AvgIpc) is 2.26. The first-order chi connectivity index (χ1) is 3.39. The molecule has 2 aliphatic rings. The van der Waals surface area contributed by atoms with Gasteiger partial charge in [-0.2, -0.15) is 0 Å². The monoisotopic (exact) mass is 98.1 g/mol. The van der Waals surface area contributed by atoms with Crippen LogP contribution in [0.1, 0.15) is 0 Å². The Kier molecular flexibility index (Phi) is 0.557. The molecule has 2 rings (SSSR count). The number of nitrogens with two attached hydrogens (primary N) is 1. The molecule has 1 aliphatic heterocycles. The molecule has 1 saturated carbocycles. The van der Waals surface area contributed by atoms with Crippen LogP contribution in [0.3, 0.4) is 0 Å². The van der Waals surface area contributed by atoms with Gasteiger partial charge in [0.15, 0.2) is 0 Å². The summed E-state index contributed by atoms with van der Waals surface area (Å²) in [5, 5.41) is 3.27. The normalized spacial score (nSPS) is 57.0. The predicted octanol–water partition coefficient (Wildman–Crippen LogP) is -0.837. The Hall–Kier alpha value is -0.0800. The Morgan fingerprint density at radius 3 is 2.14 bits per heavy atom. The molecule has 2 nitrogen and oxygen atoms in total. The molecule has 0 spiro atoms. The van der Waals surface area contributed by atoms with Crippen molar-refractivity contribution in [1.29, 1.82) is 0 Å². The molecule has 0 aromatic heterocycles. The first kappa shape index (κ1) is 3.87. The van der Waals surface area contributed by atoms with E-state index in [0.717, 1.165) is 11.8 Å². The first-order valence-electron chi connectivity index (χ1n) is 2.86. The second-order valence-corrected chi connectivity index (χ2v) is 2.56. The summed E-state index contributed by atoms with van der Waals surface area (Å²) < 4.78 is 0. The molecule has 0 aromatic rings. The summed E-state index contributed by atoms with van der Waals surface area (Å²) in [7, 11) is 0. The maximum atomic E-state index is 5.63. The van der Waals surface area contributed by atoms with Crippen molar-refractivity contribution in [2.75, 3.05) is 13.1 Å². The zero-order chi connectivity index (χ0) is 4.85. The van der Waals surface area contributed by atoms with Crippen LogP contribution in [0.25, 0.3) is 0 Å². The lowest BCUT2D eigenvalue weighted by Crippen LogP contribution is -2.21. The molecule has 3 N–H and O–H groups in total. The van der Waals surface area contributed by atoms with E-state index >= 15 is 0 Å². The quantitative estimate of drug-likeness (QED) is 0.414. The van der Waals surface area contributed by atoms with Crippen molar-refractivity contribution in [3.05, 3.63) is 0 Å². The Bertz CT molecular complexity index is 82.1. The van der Waals surface area contributed by atoms with E-state index in [2.05, 4.69) is 5.32 Å². The van der Waals surface area contributed by atoms with Crippen molar-refractivity contribution < 1.29 is 0 Å². The Labute approximate surface area is 43.1 Å². The van der Waals surface area contributed by atoms with Crippen LogP contribution in [0.4, 0.5) is 0 Å². The molecule has 1 heterocycles. The van der Waals surface area contributed by atoms with Gasteiger partial charge in [-0.3, -0.25) is 0 Å². The molecule has 40 valence electrons. The summed E-state index contributed by atoms with van der Waals surface area (Å²) in [4.78, 5) is 0. The summed E-state index contributed by atoms with van der Waals surface area (Å²) in [5.74, 6) is 1.69. The lowest BCUT2D eigenvalue weighted by atomic mass is 10.4. The van der Waals surface area contributed by atoms with E-state index in [1.54, 1.807) is 0 Å². The third kappa shape index (κ3) is 0.359. The molecule has 1 aliphatic carbocycles. The highest BCUT2D eigenvalue weighted by atomic mass is 15.0. The topological polar surface area (TPSA) is 38.0 Å². The standard InChI is InChI=1S/C5H10N2/c6-5-3-1-7-2-4(3)5/h3-5,7H,1-2,6H2/t3-,4-/m1/s1. The summed E-state index contributed by atoms with van der Waals surface area (Å²) in [6.07, 6.45) is 0. The second-order valence-electron chi connectivity index (χ2n) is 2.56. The maximum Gasteiger partial charge on any atom is 0.0127 e. The molecular formula is C5H10N2. The third-order valence-corrected chi connectivity index (χ3v) is 2.16. The van der Waals surface area contributed by atoms with Crippen molar-refractivity contribution in [3.8, 4) is 0 Å². The number of fused-ring (bicyclic) bond motifs is 1. The van der Waals surface area contributed by atoms with Gasteiger partial charge in [0.1, 0.15) is 0 Å². The lowest BCUT2D eigenvalue weighted by molar-refractivity contribution is 0.677. The number of piperidine rings is 1. The molecule has 0 radical (unpaired) electrons. The third-order valence-electron chi connectivity index (χ3n) is 2.16. The Morgan fingerprint density at radius 1 is 1.29 bits per heavy atom. The zero-order valence-corrected chi connectivity index (χ0v) is 4.22. The predicted molar refractivity (Wildman–Crippen MR) is 27.8 cm³/mol. The van der Waals surface area contributed by atoms with Gasteiger partial charge in [0.05, 0.1) is 0 Å². The molecular weight excluding hydrogens is 88.1 g/mol. The fourth-order valence-corrected chi connectivity index (χ4v) is 1.47. The van der Waals surface area contributed by atoms with Gasteiger partial charge in [-0.25, -0.2) is 0 Å². The molecule has 7 heavy (non-hydrogen) atoms. The van der Waals surface area contributed by atoms with Crippen molar-refractivity contribution in [1.82, 2.24) is 5.32 Å². The van der Waals surface area contributed by atoms with Crippen LogP contribution in [0.5, 0.6) is 0 Å². The van der Waals surface area contributed by atoms with E-state index in [1.165, 1.54) is 13.1 Å². The molecule has 1 saturated heterocycles. The summed E-state index contributed by atoms with van der Waals surface area (Å²) in [6, 6.07) is 0.557. The molecule has 2 heteroatoms. The minimum atomic E-state index is 0.557. The molecule has 0 unspecified atom stereocenters. The van der Waals surface area contributed by atoms with E-state index in [9.17, 15) is 0 Å². The van der Waals surface area contributed by atoms with Crippen molar-refractivity contribution in [2.45, 2.75) is 6.04 Å². The highest BCUT2D eigenvalue weighted by Gasteiger charge is 2.50.